The van der Waals surface area contributed by atoms with E-state index in [1.807, 2.05) is 6.07 Å². The van der Waals surface area contributed by atoms with Crippen molar-refractivity contribution < 1.29 is 27.9 Å². The zero-order chi connectivity index (χ0) is 21.4. The van der Waals surface area contributed by atoms with Crippen molar-refractivity contribution >= 4 is 15.9 Å². The lowest BCUT2D eigenvalue weighted by atomic mass is 9.83. The summed E-state index contributed by atoms with van der Waals surface area (Å²) in [6.45, 7) is 0.723. The summed E-state index contributed by atoms with van der Waals surface area (Å²) in [5.41, 5.74) is 2.49. The van der Waals surface area contributed by atoms with Crippen molar-refractivity contribution in [3.05, 3.63) is 53.6 Å². The summed E-state index contributed by atoms with van der Waals surface area (Å²) < 4.78 is 38.9. The Balaban J connectivity index is 1.48. The highest BCUT2D eigenvalue weighted by molar-refractivity contribution is 7.89. The molecule has 0 unspecified atom stereocenters. The number of ether oxygens (including phenoxy) is 2. The average Bonchev–Trinajstić information content (AvgIpc) is 2.78. The number of amides is 1. The molecule has 0 radical (unpaired) electrons. The molecule has 1 amide bonds. The number of nitrogens with zero attached hydrogens (tertiary/aromatic N) is 1. The van der Waals surface area contributed by atoms with Crippen LogP contribution in [0.4, 0.5) is 0 Å². The Bertz CT molecular complexity index is 1040. The van der Waals surface area contributed by atoms with Gasteiger partial charge in [-0.25, -0.2) is 13.9 Å². The van der Waals surface area contributed by atoms with Gasteiger partial charge in [-0.1, -0.05) is 6.07 Å². The molecule has 1 saturated heterocycles. The van der Waals surface area contributed by atoms with Gasteiger partial charge in [0.25, 0.3) is 5.91 Å². The summed E-state index contributed by atoms with van der Waals surface area (Å²) in [4.78, 5) is 11.9. The zero-order valence-electron chi connectivity index (χ0n) is 16.6. The first-order valence-electron chi connectivity index (χ1n) is 9.77. The summed E-state index contributed by atoms with van der Waals surface area (Å²) in [6, 6.07) is 11.5. The highest BCUT2D eigenvalue weighted by atomic mass is 32.2. The molecular weight excluding hydrogens is 408 g/mol. The Hall–Kier alpha value is -2.62. The van der Waals surface area contributed by atoms with Gasteiger partial charge in [0.15, 0.2) is 0 Å². The first kappa shape index (κ1) is 20.6. The maximum Gasteiger partial charge on any atom is 0.274 e. The van der Waals surface area contributed by atoms with E-state index in [0.29, 0.717) is 43.0 Å². The van der Waals surface area contributed by atoms with E-state index >= 15 is 0 Å². The minimum Gasteiger partial charge on any atom is -0.497 e. The van der Waals surface area contributed by atoms with Crippen LogP contribution in [0.1, 0.15) is 35.2 Å². The monoisotopic (exact) mass is 432 g/mol. The van der Waals surface area contributed by atoms with E-state index in [9.17, 15) is 13.2 Å². The number of piperidine rings is 1. The lowest BCUT2D eigenvalue weighted by molar-refractivity contribution is 0.00169. The van der Waals surface area contributed by atoms with Crippen molar-refractivity contribution in [2.45, 2.75) is 36.2 Å². The number of nitrogens with one attached hydrogen (secondary N) is 1. The Morgan fingerprint density at radius 1 is 1.13 bits per heavy atom. The van der Waals surface area contributed by atoms with Gasteiger partial charge in [0.2, 0.25) is 10.0 Å². The fourth-order valence-electron chi connectivity index (χ4n) is 4.09. The number of rotatable bonds is 4. The normalized spacial score (nSPS) is 18.3. The van der Waals surface area contributed by atoms with Crippen molar-refractivity contribution in [2.24, 2.45) is 0 Å². The molecule has 9 heteroatoms. The van der Waals surface area contributed by atoms with E-state index in [1.165, 1.54) is 11.4 Å². The van der Waals surface area contributed by atoms with E-state index in [2.05, 4.69) is 0 Å². The molecule has 160 valence electrons. The molecule has 0 aromatic heterocycles. The Morgan fingerprint density at radius 2 is 1.83 bits per heavy atom. The number of aryl methyl sites for hydroxylation is 1. The molecule has 1 fully saturated rings. The second-order valence-electron chi connectivity index (χ2n) is 7.63. The van der Waals surface area contributed by atoms with Crippen molar-refractivity contribution in [1.82, 2.24) is 9.79 Å². The van der Waals surface area contributed by atoms with Crippen LogP contribution in [0, 0.1) is 0 Å². The van der Waals surface area contributed by atoms with Gasteiger partial charge >= 0.3 is 0 Å². The summed E-state index contributed by atoms with van der Waals surface area (Å²) in [5, 5.41) is 8.85. The molecule has 1 spiro atoms. The van der Waals surface area contributed by atoms with Crippen LogP contribution in [0.25, 0.3) is 0 Å². The van der Waals surface area contributed by atoms with Gasteiger partial charge in [-0.05, 0) is 54.8 Å². The van der Waals surface area contributed by atoms with Gasteiger partial charge in [-0.15, -0.1) is 0 Å². The lowest BCUT2D eigenvalue weighted by Gasteiger charge is -2.44. The molecule has 8 nitrogen and oxygen atoms in total. The first-order chi connectivity index (χ1) is 14.4. The smallest absolute Gasteiger partial charge is 0.274 e. The molecule has 0 saturated carbocycles. The van der Waals surface area contributed by atoms with Crippen LogP contribution in [0.5, 0.6) is 11.5 Å². The Labute approximate surface area is 175 Å². The molecule has 2 aliphatic rings. The van der Waals surface area contributed by atoms with Crippen LogP contribution < -0.4 is 15.0 Å². The zero-order valence-corrected chi connectivity index (χ0v) is 17.4. The summed E-state index contributed by atoms with van der Waals surface area (Å²) in [5.74, 6) is 0.630. The number of sulfonamides is 1. The quantitative estimate of drug-likeness (QED) is 0.568. The maximum absolute atomic E-state index is 13.0. The Kier molecular flexibility index (Phi) is 5.44. The number of hydrogen-bond donors (Lipinski definition) is 2. The van der Waals surface area contributed by atoms with Crippen molar-refractivity contribution in [2.75, 3.05) is 20.2 Å². The highest BCUT2D eigenvalue weighted by Crippen LogP contribution is 2.40. The van der Waals surface area contributed by atoms with E-state index in [1.54, 1.807) is 41.9 Å². The molecule has 2 aromatic rings. The predicted octanol–water partition coefficient (Wildman–Crippen LogP) is 2.36. The number of benzene rings is 2. The predicted molar refractivity (Wildman–Crippen MR) is 108 cm³/mol. The number of carbonyl (C=O) groups excluding carboxylic acids is 1. The fraction of sp³-hybridized carbons (Fsp3) is 0.381. The van der Waals surface area contributed by atoms with E-state index in [0.717, 1.165) is 18.4 Å². The van der Waals surface area contributed by atoms with Crippen molar-refractivity contribution in [3.63, 3.8) is 0 Å². The number of hydroxylamine groups is 1. The third-order valence-electron chi connectivity index (χ3n) is 5.94. The molecular formula is C21H24N2O6S. The molecule has 0 aliphatic carbocycles. The second kappa shape index (κ2) is 7.90. The van der Waals surface area contributed by atoms with Gasteiger partial charge in [-0.3, -0.25) is 10.0 Å². The molecule has 2 N–H and O–H groups in total. The first-order valence-corrected chi connectivity index (χ1v) is 11.2. The van der Waals surface area contributed by atoms with Gasteiger partial charge in [0.1, 0.15) is 17.1 Å². The van der Waals surface area contributed by atoms with Gasteiger partial charge < -0.3 is 9.47 Å². The molecule has 4 rings (SSSR count). The van der Waals surface area contributed by atoms with E-state index in [4.69, 9.17) is 14.7 Å². The third kappa shape index (κ3) is 3.76. The maximum atomic E-state index is 13.0. The Morgan fingerprint density at radius 3 is 2.47 bits per heavy atom. The van der Waals surface area contributed by atoms with E-state index < -0.39 is 21.5 Å². The number of carbonyl (C=O) groups is 1. The van der Waals surface area contributed by atoms with Crippen LogP contribution in [0.3, 0.4) is 0 Å². The topological polar surface area (TPSA) is 105 Å². The molecule has 0 bridgehead atoms. The number of methoxy groups -OCH3 is 1. The molecule has 30 heavy (non-hydrogen) atoms. The SMILES string of the molecule is COc1ccc(S(=O)(=O)N2CCC3(CCc4ccc(C(=O)NO)cc4O3)CC2)cc1. The molecule has 2 heterocycles. The van der Waals surface area contributed by atoms with Crippen LogP contribution in [0.2, 0.25) is 0 Å². The lowest BCUT2D eigenvalue weighted by Crippen LogP contribution is -2.51. The molecule has 0 atom stereocenters. The van der Waals surface area contributed by atoms with Gasteiger partial charge in [0.05, 0.1) is 12.0 Å². The van der Waals surface area contributed by atoms with Crippen molar-refractivity contribution in [3.8, 4) is 11.5 Å². The average molecular weight is 432 g/mol. The van der Waals surface area contributed by atoms with Crippen molar-refractivity contribution in [1.29, 1.82) is 0 Å². The standard InChI is InChI=1S/C21H24N2O6S/c1-28-17-4-6-18(7-5-17)30(26,27)23-12-10-21(11-13-23)9-8-15-2-3-16(20(24)22-25)14-19(15)29-21/h2-7,14,25H,8-13H2,1H3,(H,22,24). The minimum atomic E-state index is -3.58. The minimum absolute atomic E-state index is 0.244. The number of fused-ring (bicyclic) bond motifs is 1. The largest absolute Gasteiger partial charge is 0.497 e. The van der Waals surface area contributed by atoms with Gasteiger partial charge in [0, 0.05) is 31.5 Å². The second-order valence-corrected chi connectivity index (χ2v) is 9.57. The van der Waals surface area contributed by atoms with Crippen LogP contribution >= 0.6 is 0 Å². The number of hydrogen-bond acceptors (Lipinski definition) is 6. The summed E-state index contributed by atoms with van der Waals surface area (Å²) >= 11 is 0. The summed E-state index contributed by atoms with van der Waals surface area (Å²) in [7, 11) is -2.05. The van der Waals surface area contributed by atoms with E-state index in [-0.39, 0.29) is 4.90 Å². The van der Waals surface area contributed by atoms with Crippen LogP contribution in [-0.4, -0.2) is 49.6 Å². The van der Waals surface area contributed by atoms with Crippen LogP contribution in [0.15, 0.2) is 47.4 Å². The fourth-order valence-corrected chi connectivity index (χ4v) is 5.53. The third-order valence-corrected chi connectivity index (χ3v) is 7.85. The van der Waals surface area contributed by atoms with Crippen LogP contribution in [-0.2, 0) is 16.4 Å². The van der Waals surface area contributed by atoms with Gasteiger partial charge in [-0.2, -0.15) is 4.31 Å². The highest BCUT2D eigenvalue weighted by Gasteiger charge is 2.42. The molecule has 2 aromatic carbocycles. The molecule has 2 aliphatic heterocycles. The summed E-state index contributed by atoms with van der Waals surface area (Å²) in [6.07, 6.45) is 2.72.